The van der Waals surface area contributed by atoms with E-state index in [9.17, 15) is 14.4 Å². The highest BCUT2D eigenvalue weighted by Crippen LogP contribution is 2.19. The first-order valence-corrected chi connectivity index (χ1v) is 9.52. The normalized spacial score (nSPS) is 11.9. The summed E-state index contributed by atoms with van der Waals surface area (Å²) in [5.41, 5.74) is 0.439. The summed E-state index contributed by atoms with van der Waals surface area (Å²) in [6.45, 7) is 6.63. The molecule has 2 rings (SSSR count). The van der Waals surface area contributed by atoms with Gasteiger partial charge in [-0.15, -0.1) is 0 Å². The van der Waals surface area contributed by atoms with Crippen LogP contribution in [0.3, 0.4) is 0 Å². The van der Waals surface area contributed by atoms with E-state index in [1.807, 2.05) is 20.8 Å². The molecule has 7 nitrogen and oxygen atoms in total. The van der Waals surface area contributed by atoms with E-state index in [1.165, 1.54) is 6.92 Å². The number of hydrogen-bond acceptors (Lipinski definition) is 6. The van der Waals surface area contributed by atoms with Gasteiger partial charge in [0.2, 0.25) is 11.7 Å². The number of benzene rings is 2. The zero-order valence-electron chi connectivity index (χ0n) is 17.9. The van der Waals surface area contributed by atoms with Crippen LogP contribution in [0.25, 0.3) is 0 Å². The summed E-state index contributed by atoms with van der Waals surface area (Å²) >= 11 is 0. The molecule has 2 aromatic rings. The quantitative estimate of drug-likeness (QED) is 0.522. The van der Waals surface area contributed by atoms with Crippen LogP contribution in [0.1, 0.15) is 38.1 Å². The molecule has 0 aliphatic carbocycles. The van der Waals surface area contributed by atoms with Crippen LogP contribution in [0.15, 0.2) is 48.5 Å². The molecule has 0 aromatic heterocycles. The summed E-state index contributed by atoms with van der Waals surface area (Å²) < 4.78 is 15.6. The smallest absolute Gasteiger partial charge is 0.344 e. The Morgan fingerprint density at radius 2 is 1.50 bits per heavy atom. The Morgan fingerprint density at radius 1 is 0.933 bits per heavy atom. The molecule has 1 N–H and O–H groups in total. The molecule has 7 heteroatoms. The van der Waals surface area contributed by atoms with Gasteiger partial charge in [-0.2, -0.15) is 0 Å². The number of amides is 1. The number of Topliss-reactive ketones (excluding diaryl/α,β-unsaturated/α-hetero) is 1. The average Bonchev–Trinajstić information content (AvgIpc) is 2.72. The molecule has 0 heterocycles. The summed E-state index contributed by atoms with van der Waals surface area (Å²) in [5, 5.41) is 2.79. The number of carbonyl (C=O) groups is 3. The maximum absolute atomic E-state index is 12.5. The molecule has 0 aliphatic rings. The molecule has 0 saturated heterocycles. The number of ether oxygens (including phenoxy) is 3. The minimum atomic E-state index is -0.966. The number of carbonyl (C=O) groups excluding carboxylic acids is 3. The highest BCUT2D eigenvalue weighted by molar-refractivity contribution is 6.01. The van der Waals surface area contributed by atoms with Gasteiger partial charge in [-0.3, -0.25) is 9.59 Å². The average molecular weight is 413 g/mol. The molecular formula is C23H27NO6. The molecule has 0 radical (unpaired) electrons. The molecule has 0 fully saturated rings. The van der Waals surface area contributed by atoms with Crippen LogP contribution in [0, 0.1) is 5.41 Å². The van der Waals surface area contributed by atoms with Crippen LogP contribution in [0.5, 0.6) is 11.5 Å². The lowest BCUT2D eigenvalue weighted by Crippen LogP contribution is -2.28. The van der Waals surface area contributed by atoms with Crippen LogP contribution >= 0.6 is 0 Å². The second-order valence-electron chi connectivity index (χ2n) is 7.74. The van der Waals surface area contributed by atoms with Crippen molar-refractivity contribution in [2.75, 3.05) is 19.0 Å². The van der Waals surface area contributed by atoms with Crippen molar-refractivity contribution in [3.8, 4) is 11.5 Å². The van der Waals surface area contributed by atoms with E-state index in [2.05, 4.69) is 5.32 Å². The van der Waals surface area contributed by atoms with Crippen molar-refractivity contribution in [3.05, 3.63) is 54.1 Å². The fourth-order valence-corrected chi connectivity index (χ4v) is 2.37. The summed E-state index contributed by atoms with van der Waals surface area (Å²) in [5.74, 6) is 0.0377. The maximum Gasteiger partial charge on any atom is 0.344 e. The first-order valence-electron chi connectivity index (χ1n) is 9.52. The van der Waals surface area contributed by atoms with Crippen molar-refractivity contribution in [2.24, 2.45) is 5.41 Å². The van der Waals surface area contributed by atoms with Gasteiger partial charge in [0.1, 0.15) is 11.5 Å². The Morgan fingerprint density at radius 3 is 2.03 bits per heavy atom. The number of rotatable bonds is 8. The molecule has 30 heavy (non-hydrogen) atoms. The van der Waals surface area contributed by atoms with Crippen LogP contribution in [0.2, 0.25) is 0 Å². The second-order valence-corrected chi connectivity index (χ2v) is 7.74. The van der Waals surface area contributed by atoms with Crippen LogP contribution in [0.4, 0.5) is 5.69 Å². The van der Waals surface area contributed by atoms with Gasteiger partial charge < -0.3 is 19.5 Å². The fraction of sp³-hybridized carbons (Fsp3) is 0.348. The third-order valence-electron chi connectivity index (χ3n) is 4.20. The summed E-state index contributed by atoms with van der Waals surface area (Å²) in [6.07, 6.45) is -0.966. The van der Waals surface area contributed by atoms with Crippen molar-refractivity contribution in [1.82, 2.24) is 0 Å². The van der Waals surface area contributed by atoms with Gasteiger partial charge in [0.05, 0.1) is 7.11 Å². The minimum Gasteiger partial charge on any atom is -0.497 e. The summed E-state index contributed by atoms with van der Waals surface area (Å²) in [4.78, 5) is 36.5. The third kappa shape index (κ3) is 6.62. The number of anilines is 1. The van der Waals surface area contributed by atoms with Crippen LogP contribution < -0.4 is 14.8 Å². The highest BCUT2D eigenvalue weighted by atomic mass is 16.6. The molecular weight excluding hydrogens is 386 g/mol. The molecule has 1 amide bonds. The van der Waals surface area contributed by atoms with Crippen molar-refractivity contribution in [2.45, 2.75) is 33.8 Å². The SMILES string of the molecule is COc1ccc(OCC(=O)O[C@H](C)C(=O)c2ccc(NC(=O)C(C)(C)C)cc2)cc1. The maximum atomic E-state index is 12.5. The zero-order valence-corrected chi connectivity index (χ0v) is 17.9. The molecule has 0 spiro atoms. The van der Waals surface area contributed by atoms with E-state index >= 15 is 0 Å². The van der Waals surface area contributed by atoms with Gasteiger partial charge in [-0.1, -0.05) is 20.8 Å². The first kappa shape index (κ1) is 22.9. The lowest BCUT2D eigenvalue weighted by atomic mass is 9.95. The number of hydrogen-bond donors (Lipinski definition) is 1. The lowest BCUT2D eigenvalue weighted by Gasteiger charge is -2.18. The fourth-order valence-electron chi connectivity index (χ4n) is 2.37. The van der Waals surface area contributed by atoms with Crippen LogP contribution in [-0.2, 0) is 14.3 Å². The Hall–Kier alpha value is -3.35. The molecule has 160 valence electrons. The Bertz CT molecular complexity index is 881. The topological polar surface area (TPSA) is 90.9 Å². The summed E-state index contributed by atoms with van der Waals surface area (Å²) in [6, 6.07) is 13.2. The first-order chi connectivity index (χ1) is 14.1. The number of esters is 1. The van der Waals surface area contributed by atoms with E-state index in [0.717, 1.165) is 0 Å². The van der Waals surface area contributed by atoms with Crippen molar-refractivity contribution < 1.29 is 28.6 Å². The molecule has 0 unspecified atom stereocenters. The standard InChI is InChI=1S/C23H27NO6/c1-15(30-20(25)14-29-19-12-10-18(28-5)11-13-19)21(26)16-6-8-17(9-7-16)24-22(27)23(2,3)4/h6-13,15H,14H2,1-5H3,(H,24,27)/t15-/m1/s1. The van der Waals surface area contributed by atoms with Crippen molar-refractivity contribution in [3.63, 3.8) is 0 Å². The number of methoxy groups -OCH3 is 1. The van der Waals surface area contributed by atoms with Gasteiger partial charge in [0, 0.05) is 16.7 Å². The van der Waals surface area contributed by atoms with Gasteiger partial charge in [-0.05, 0) is 55.5 Å². The largest absolute Gasteiger partial charge is 0.497 e. The molecule has 1 atom stereocenters. The summed E-state index contributed by atoms with van der Waals surface area (Å²) in [7, 11) is 1.56. The molecule has 2 aromatic carbocycles. The van der Waals surface area contributed by atoms with E-state index in [4.69, 9.17) is 14.2 Å². The predicted octanol–water partition coefficient (Wildman–Crippen LogP) is 3.87. The Labute approximate surface area is 176 Å². The van der Waals surface area contributed by atoms with E-state index < -0.39 is 17.5 Å². The highest BCUT2D eigenvalue weighted by Gasteiger charge is 2.22. The van der Waals surface area contributed by atoms with E-state index in [1.54, 1.807) is 55.6 Å². The Balaban J connectivity index is 1.86. The number of ketones is 1. The molecule has 0 bridgehead atoms. The van der Waals surface area contributed by atoms with E-state index in [-0.39, 0.29) is 18.3 Å². The van der Waals surface area contributed by atoms with Crippen molar-refractivity contribution >= 4 is 23.3 Å². The monoisotopic (exact) mass is 413 g/mol. The van der Waals surface area contributed by atoms with Crippen LogP contribution in [-0.4, -0.2) is 37.5 Å². The number of nitrogens with one attached hydrogen (secondary N) is 1. The second kappa shape index (κ2) is 9.91. The predicted molar refractivity (Wildman–Crippen MR) is 113 cm³/mol. The molecule has 0 aliphatic heterocycles. The van der Waals surface area contributed by atoms with Gasteiger partial charge >= 0.3 is 5.97 Å². The van der Waals surface area contributed by atoms with Crippen molar-refractivity contribution in [1.29, 1.82) is 0 Å². The van der Waals surface area contributed by atoms with E-state index in [0.29, 0.717) is 22.7 Å². The Kier molecular flexibility index (Phi) is 7.58. The van der Waals surface area contributed by atoms with Gasteiger partial charge in [0.25, 0.3) is 0 Å². The molecule has 0 saturated carbocycles. The zero-order chi connectivity index (χ0) is 22.3. The van der Waals surface area contributed by atoms with Gasteiger partial charge in [0.15, 0.2) is 12.7 Å². The lowest BCUT2D eigenvalue weighted by molar-refractivity contribution is -0.148. The third-order valence-corrected chi connectivity index (χ3v) is 4.20. The minimum absolute atomic E-state index is 0.124. The van der Waals surface area contributed by atoms with Gasteiger partial charge in [-0.25, -0.2) is 4.79 Å².